The Morgan fingerprint density at radius 1 is 0.923 bits per heavy atom. The maximum absolute atomic E-state index is 12.5. The normalized spacial score (nSPS) is 10.5. The van der Waals surface area contributed by atoms with Gasteiger partial charge in [-0.15, -0.1) is 0 Å². The van der Waals surface area contributed by atoms with Gasteiger partial charge in [0.05, 0.1) is 21.3 Å². The zero-order valence-electron chi connectivity index (χ0n) is 16.0. The first-order valence-electron chi connectivity index (χ1n) is 8.29. The third-order valence-electron chi connectivity index (χ3n) is 3.90. The number of nitrogens with one attached hydrogen (secondary N) is 1. The average Bonchev–Trinajstić information content (AvgIpc) is 2.65. The van der Waals surface area contributed by atoms with Crippen molar-refractivity contribution in [3.8, 4) is 17.2 Å². The van der Waals surface area contributed by atoms with Crippen LogP contribution in [0.1, 0.15) is 21.5 Å². The molecular formula is C20H26N2O4. The highest BCUT2D eigenvalue weighted by molar-refractivity contribution is 5.95. The Bertz CT molecular complexity index is 717. The second-order valence-electron chi connectivity index (χ2n) is 6.15. The SMILES string of the molecule is COc1cc(C(=O)NCc2ccc(CN(C)C)cc2)cc(OC)c1OC. The van der Waals surface area contributed by atoms with E-state index in [-0.39, 0.29) is 5.91 Å². The van der Waals surface area contributed by atoms with Crippen molar-refractivity contribution in [2.75, 3.05) is 35.4 Å². The van der Waals surface area contributed by atoms with Crippen LogP contribution in [0, 0.1) is 0 Å². The smallest absolute Gasteiger partial charge is 0.251 e. The van der Waals surface area contributed by atoms with Crippen molar-refractivity contribution in [3.05, 3.63) is 53.1 Å². The van der Waals surface area contributed by atoms with Crippen molar-refractivity contribution in [2.24, 2.45) is 0 Å². The monoisotopic (exact) mass is 358 g/mol. The van der Waals surface area contributed by atoms with Crippen LogP contribution in [0.5, 0.6) is 17.2 Å². The van der Waals surface area contributed by atoms with Crippen LogP contribution >= 0.6 is 0 Å². The first kappa shape index (κ1) is 19.6. The highest BCUT2D eigenvalue weighted by Crippen LogP contribution is 2.38. The molecule has 6 heteroatoms. The van der Waals surface area contributed by atoms with E-state index >= 15 is 0 Å². The van der Waals surface area contributed by atoms with Crippen molar-refractivity contribution in [1.82, 2.24) is 10.2 Å². The molecule has 0 aromatic heterocycles. The van der Waals surface area contributed by atoms with E-state index in [0.29, 0.717) is 29.4 Å². The summed E-state index contributed by atoms with van der Waals surface area (Å²) in [5.74, 6) is 1.15. The molecule has 0 aliphatic carbocycles. The number of methoxy groups -OCH3 is 3. The summed E-state index contributed by atoms with van der Waals surface area (Å²) < 4.78 is 15.9. The number of benzene rings is 2. The lowest BCUT2D eigenvalue weighted by atomic mass is 10.1. The number of amides is 1. The van der Waals surface area contributed by atoms with Crippen LogP contribution in [0.25, 0.3) is 0 Å². The highest BCUT2D eigenvalue weighted by atomic mass is 16.5. The van der Waals surface area contributed by atoms with Crippen LogP contribution in [-0.2, 0) is 13.1 Å². The fraction of sp³-hybridized carbons (Fsp3) is 0.350. The van der Waals surface area contributed by atoms with Crippen LogP contribution in [-0.4, -0.2) is 46.2 Å². The lowest BCUT2D eigenvalue weighted by Gasteiger charge is -2.14. The lowest BCUT2D eigenvalue weighted by Crippen LogP contribution is -2.23. The molecule has 0 atom stereocenters. The number of nitrogens with zero attached hydrogens (tertiary/aromatic N) is 1. The second-order valence-corrected chi connectivity index (χ2v) is 6.15. The zero-order valence-corrected chi connectivity index (χ0v) is 16.0. The van der Waals surface area contributed by atoms with Gasteiger partial charge in [0.15, 0.2) is 11.5 Å². The van der Waals surface area contributed by atoms with Gasteiger partial charge >= 0.3 is 0 Å². The molecule has 0 saturated carbocycles. The summed E-state index contributed by atoms with van der Waals surface area (Å²) in [6.45, 7) is 1.33. The summed E-state index contributed by atoms with van der Waals surface area (Å²) >= 11 is 0. The van der Waals surface area contributed by atoms with E-state index in [1.807, 2.05) is 26.2 Å². The number of hydrogen-bond acceptors (Lipinski definition) is 5. The van der Waals surface area contributed by atoms with Crippen LogP contribution < -0.4 is 19.5 Å². The van der Waals surface area contributed by atoms with E-state index < -0.39 is 0 Å². The fourth-order valence-electron chi connectivity index (χ4n) is 2.62. The van der Waals surface area contributed by atoms with Crippen molar-refractivity contribution in [1.29, 1.82) is 0 Å². The molecule has 1 N–H and O–H groups in total. The highest BCUT2D eigenvalue weighted by Gasteiger charge is 2.16. The number of hydrogen-bond donors (Lipinski definition) is 1. The molecule has 2 aromatic carbocycles. The van der Waals surface area contributed by atoms with Gasteiger partial charge in [0.2, 0.25) is 5.75 Å². The molecule has 0 aliphatic rings. The molecule has 0 unspecified atom stereocenters. The molecule has 0 spiro atoms. The maximum atomic E-state index is 12.5. The minimum Gasteiger partial charge on any atom is -0.493 e. The van der Waals surface area contributed by atoms with Gasteiger partial charge in [-0.1, -0.05) is 24.3 Å². The molecule has 0 heterocycles. The molecule has 0 aliphatic heterocycles. The van der Waals surface area contributed by atoms with Crippen LogP contribution in [0.4, 0.5) is 0 Å². The van der Waals surface area contributed by atoms with Gasteiger partial charge in [-0.25, -0.2) is 0 Å². The molecule has 1 amide bonds. The first-order valence-corrected chi connectivity index (χ1v) is 8.29. The van der Waals surface area contributed by atoms with Gasteiger partial charge in [-0.3, -0.25) is 4.79 Å². The van der Waals surface area contributed by atoms with E-state index in [0.717, 1.165) is 12.1 Å². The molecule has 0 fully saturated rings. The van der Waals surface area contributed by atoms with Gasteiger partial charge in [0.1, 0.15) is 0 Å². The predicted molar refractivity (Wildman–Crippen MR) is 101 cm³/mol. The Balaban J connectivity index is 2.08. The van der Waals surface area contributed by atoms with Crippen LogP contribution in [0.2, 0.25) is 0 Å². The minimum absolute atomic E-state index is 0.207. The van der Waals surface area contributed by atoms with Crippen molar-refractivity contribution >= 4 is 5.91 Å². The van der Waals surface area contributed by atoms with Gasteiger partial charge < -0.3 is 24.4 Å². The summed E-state index contributed by atoms with van der Waals surface area (Å²) in [7, 11) is 8.64. The Kier molecular flexibility index (Phi) is 6.86. The summed E-state index contributed by atoms with van der Waals surface area (Å²) in [5, 5.41) is 2.91. The maximum Gasteiger partial charge on any atom is 0.251 e. The lowest BCUT2D eigenvalue weighted by molar-refractivity contribution is 0.0950. The van der Waals surface area contributed by atoms with E-state index in [2.05, 4.69) is 22.3 Å². The number of carbonyl (C=O) groups excluding carboxylic acids is 1. The molecule has 0 saturated heterocycles. The predicted octanol–water partition coefficient (Wildman–Crippen LogP) is 2.70. The van der Waals surface area contributed by atoms with Gasteiger partial charge in [-0.2, -0.15) is 0 Å². The molecule has 0 radical (unpaired) electrons. The minimum atomic E-state index is -0.207. The largest absolute Gasteiger partial charge is 0.493 e. The van der Waals surface area contributed by atoms with Gasteiger partial charge in [0, 0.05) is 18.7 Å². The van der Waals surface area contributed by atoms with E-state index in [4.69, 9.17) is 14.2 Å². The summed E-state index contributed by atoms with van der Waals surface area (Å²) in [5.41, 5.74) is 2.71. The third-order valence-corrected chi connectivity index (χ3v) is 3.90. The summed E-state index contributed by atoms with van der Waals surface area (Å²) in [4.78, 5) is 14.6. The average molecular weight is 358 g/mol. The molecule has 0 bridgehead atoms. The number of ether oxygens (including phenoxy) is 3. The number of rotatable bonds is 8. The Labute approximate surface area is 154 Å². The quantitative estimate of drug-likeness (QED) is 0.786. The summed E-state index contributed by atoms with van der Waals surface area (Å²) in [6, 6.07) is 11.5. The van der Waals surface area contributed by atoms with Gasteiger partial charge in [0.25, 0.3) is 5.91 Å². The van der Waals surface area contributed by atoms with E-state index in [1.165, 1.54) is 26.9 Å². The van der Waals surface area contributed by atoms with Crippen molar-refractivity contribution in [3.63, 3.8) is 0 Å². The molecule has 26 heavy (non-hydrogen) atoms. The Morgan fingerprint density at radius 2 is 1.46 bits per heavy atom. The first-order chi connectivity index (χ1) is 12.5. The number of carbonyl (C=O) groups is 1. The van der Waals surface area contributed by atoms with Crippen LogP contribution in [0.3, 0.4) is 0 Å². The van der Waals surface area contributed by atoms with Crippen LogP contribution in [0.15, 0.2) is 36.4 Å². The third kappa shape index (κ3) is 4.89. The molecule has 6 nitrogen and oxygen atoms in total. The van der Waals surface area contributed by atoms with Crippen molar-refractivity contribution < 1.29 is 19.0 Å². The second kappa shape index (κ2) is 9.10. The van der Waals surface area contributed by atoms with Crippen molar-refractivity contribution in [2.45, 2.75) is 13.1 Å². The standard InChI is InChI=1S/C20H26N2O4/c1-22(2)13-15-8-6-14(7-9-15)12-21-20(23)16-10-17(24-3)19(26-5)18(11-16)25-4/h6-11H,12-13H2,1-5H3,(H,21,23). The summed E-state index contributed by atoms with van der Waals surface area (Å²) in [6.07, 6.45) is 0. The van der Waals surface area contributed by atoms with E-state index in [9.17, 15) is 4.79 Å². The fourth-order valence-corrected chi connectivity index (χ4v) is 2.62. The Morgan fingerprint density at radius 3 is 1.92 bits per heavy atom. The zero-order chi connectivity index (χ0) is 19.1. The van der Waals surface area contributed by atoms with Gasteiger partial charge in [-0.05, 0) is 37.4 Å². The molecule has 2 aromatic rings. The Hall–Kier alpha value is -2.73. The topological polar surface area (TPSA) is 60.0 Å². The molecular weight excluding hydrogens is 332 g/mol. The molecule has 140 valence electrons. The molecule has 2 rings (SSSR count). The van der Waals surface area contributed by atoms with E-state index in [1.54, 1.807) is 12.1 Å².